The number of hydrogen-bond donors (Lipinski definition) is 3. The lowest BCUT2D eigenvalue weighted by molar-refractivity contribution is 0.0336. The van der Waals surface area contributed by atoms with Crippen molar-refractivity contribution in [2.24, 2.45) is 0 Å². The smallest absolute Gasteiger partial charge is 0.341 e. The van der Waals surface area contributed by atoms with Gasteiger partial charge in [0.1, 0.15) is 17.4 Å². The van der Waals surface area contributed by atoms with Gasteiger partial charge >= 0.3 is 5.97 Å². The van der Waals surface area contributed by atoms with Crippen molar-refractivity contribution in [3.05, 3.63) is 29.3 Å². The molecule has 0 aliphatic heterocycles. The number of ether oxygens (including phenoxy) is 2. The average molecular weight is 272 g/mol. The van der Waals surface area contributed by atoms with E-state index in [1.54, 1.807) is 0 Å². The highest BCUT2D eigenvalue weighted by atomic mass is 32.1. The number of thiol groups is 1. The maximum atomic E-state index is 11.4. The van der Waals surface area contributed by atoms with E-state index in [4.69, 9.17) is 4.74 Å². The zero-order valence-electron chi connectivity index (χ0n) is 10.2. The Balaban J connectivity index is 3.09. The summed E-state index contributed by atoms with van der Waals surface area (Å²) in [5.74, 6) is -0.116. The summed E-state index contributed by atoms with van der Waals surface area (Å²) < 4.78 is 9.66. The van der Waals surface area contributed by atoms with Gasteiger partial charge in [0.25, 0.3) is 0 Å². The summed E-state index contributed by atoms with van der Waals surface area (Å²) >= 11 is 3.91. The molecular formula is C12H16O5S. The third kappa shape index (κ3) is 3.16. The molecule has 0 saturated heterocycles. The standard InChI is InChI=1S/C12H16O5S/c1-16-10-5-7(11(14)9(13)6-18)3-4-8(10)12(15)17-2/h3-5,9,11,13-14,18H,6H2,1-2H3. The van der Waals surface area contributed by atoms with Gasteiger partial charge in [-0.05, 0) is 17.7 Å². The number of esters is 1. The van der Waals surface area contributed by atoms with Crippen LogP contribution in [0.5, 0.6) is 5.75 Å². The molecule has 18 heavy (non-hydrogen) atoms. The van der Waals surface area contributed by atoms with Gasteiger partial charge in [0.2, 0.25) is 0 Å². The lowest BCUT2D eigenvalue weighted by atomic mass is 10.0. The Morgan fingerprint density at radius 3 is 2.56 bits per heavy atom. The van der Waals surface area contributed by atoms with Crippen LogP contribution in [0.2, 0.25) is 0 Å². The molecule has 5 nitrogen and oxygen atoms in total. The molecule has 0 heterocycles. The van der Waals surface area contributed by atoms with Gasteiger partial charge in [0, 0.05) is 5.75 Å². The van der Waals surface area contributed by atoms with Crippen molar-refractivity contribution in [2.75, 3.05) is 20.0 Å². The summed E-state index contributed by atoms with van der Waals surface area (Å²) in [4.78, 5) is 11.4. The number of aliphatic hydroxyl groups is 2. The Hall–Kier alpha value is -1.24. The van der Waals surface area contributed by atoms with Crippen molar-refractivity contribution in [3.8, 4) is 5.75 Å². The molecule has 2 unspecified atom stereocenters. The van der Waals surface area contributed by atoms with E-state index in [0.29, 0.717) is 5.56 Å². The largest absolute Gasteiger partial charge is 0.496 e. The van der Waals surface area contributed by atoms with E-state index in [9.17, 15) is 15.0 Å². The minimum absolute atomic E-state index is 0.127. The summed E-state index contributed by atoms with van der Waals surface area (Å²) in [7, 11) is 2.68. The van der Waals surface area contributed by atoms with E-state index in [2.05, 4.69) is 17.4 Å². The Morgan fingerprint density at radius 1 is 1.39 bits per heavy atom. The molecule has 0 amide bonds. The van der Waals surface area contributed by atoms with E-state index >= 15 is 0 Å². The SMILES string of the molecule is COC(=O)c1ccc(C(O)C(O)CS)cc1OC. The Kier molecular flexibility index (Phi) is 5.46. The van der Waals surface area contributed by atoms with Crippen molar-refractivity contribution >= 4 is 18.6 Å². The molecule has 100 valence electrons. The molecular weight excluding hydrogens is 256 g/mol. The highest BCUT2D eigenvalue weighted by molar-refractivity contribution is 7.80. The Labute approximate surface area is 111 Å². The molecule has 2 N–H and O–H groups in total. The van der Waals surface area contributed by atoms with E-state index in [-0.39, 0.29) is 17.1 Å². The summed E-state index contributed by atoms with van der Waals surface area (Å²) in [6, 6.07) is 4.50. The summed E-state index contributed by atoms with van der Waals surface area (Å²) in [5.41, 5.74) is 0.706. The monoisotopic (exact) mass is 272 g/mol. The first-order chi connectivity index (χ1) is 8.54. The molecule has 1 rings (SSSR count). The summed E-state index contributed by atoms with van der Waals surface area (Å²) in [6.45, 7) is 0. The van der Waals surface area contributed by atoms with Gasteiger partial charge in [-0.1, -0.05) is 6.07 Å². The first kappa shape index (κ1) is 14.8. The van der Waals surface area contributed by atoms with Crippen LogP contribution in [-0.2, 0) is 4.74 Å². The molecule has 0 spiro atoms. The highest BCUT2D eigenvalue weighted by Crippen LogP contribution is 2.26. The van der Waals surface area contributed by atoms with Gasteiger partial charge < -0.3 is 19.7 Å². The molecule has 6 heteroatoms. The van der Waals surface area contributed by atoms with Gasteiger partial charge in [-0.25, -0.2) is 4.79 Å². The number of rotatable bonds is 5. The van der Waals surface area contributed by atoms with Crippen LogP contribution in [0.3, 0.4) is 0 Å². The first-order valence-corrected chi connectivity index (χ1v) is 5.91. The lowest BCUT2D eigenvalue weighted by Gasteiger charge is -2.17. The molecule has 0 bridgehead atoms. The second-order valence-electron chi connectivity index (χ2n) is 3.65. The van der Waals surface area contributed by atoms with Crippen molar-refractivity contribution < 1.29 is 24.5 Å². The highest BCUT2D eigenvalue weighted by Gasteiger charge is 2.20. The Bertz CT molecular complexity index is 421. The fourth-order valence-electron chi connectivity index (χ4n) is 1.49. The van der Waals surface area contributed by atoms with E-state index in [1.165, 1.54) is 32.4 Å². The fraction of sp³-hybridized carbons (Fsp3) is 0.417. The summed E-state index contributed by atoms with van der Waals surface area (Å²) in [6.07, 6.45) is -2.06. The predicted molar refractivity (Wildman–Crippen MR) is 69.2 cm³/mol. The number of aliphatic hydroxyl groups excluding tert-OH is 2. The van der Waals surface area contributed by atoms with Gasteiger partial charge in [0.05, 0.1) is 20.3 Å². The molecule has 0 radical (unpaired) electrons. The zero-order chi connectivity index (χ0) is 13.7. The normalized spacial score (nSPS) is 13.8. The van der Waals surface area contributed by atoms with Gasteiger partial charge in [-0.15, -0.1) is 0 Å². The van der Waals surface area contributed by atoms with Gasteiger partial charge in [0.15, 0.2) is 0 Å². The molecule has 2 atom stereocenters. The minimum atomic E-state index is -1.08. The maximum Gasteiger partial charge on any atom is 0.341 e. The molecule has 0 fully saturated rings. The minimum Gasteiger partial charge on any atom is -0.496 e. The second-order valence-corrected chi connectivity index (χ2v) is 4.01. The van der Waals surface area contributed by atoms with Crippen LogP contribution in [-0.4, -0.2) is 42.3 Å². The van der Waals surface area contributed by atoms with Crippen molar-refractivity contribution in [1.82, 2.24) is 0 Å². The van der Waals surface area contributed by atoms with E-state index in [0.717, 1.165) is 0 Å². The average Bonchev–Trinajstić information content (AvgIpc) is 2.43. The van der Waals surface area contributed by atoms with Crippen LogP contribution in [0.15, 0.2) is 18.2 Å². The molecule has 1 aromatic carbocycles. The van der Waals surface area contributed by atoms with Gasteiger partial charge in [-0.3, -0.25) is 0 Å². The van der Waals surface area contributed by atoms with Crippen LogP contribution in [0.4, 0.5) is 0 Å². The number of hydrogen-bond acceptors (Lipinski definition) is 6. The lowest BCUT2D eigenvalue weighted by Crippen LogP contribution is -2.20. The van der Waals surface area contributed by atoms with Crippen LogP contribution in [0.25, 0.3) is 0 Å². The second kappa shape index (κ2) is 6.63. The van der Waals surface area contributed by atoms with Gasteiger partial charge in [-0.2, -0.15) is 12.6 Å². The van der Waals surface area contributed by atoms with E-state index in [1.807, 2.05) is 0 Å². The first-order valence-electron chi connectivity index (χ1n) is 5.28. The molecule has 1 aromatic rings. The van der Waals surface area contributed by atoms with Crippen LogP contribution < -0.4 is 4.74 Å². The number of benzene rings is 1. The quantitative estimate of drug-likeness (QED) is 0.546. The van der Waals surface area contributed by atoms with Crippen LogP contribution in [0.1, 0.15) is 22.0 Å². The summed E-state index contributed by atoms with van der Waals surface area (Å²) in [5, 5.41) is 19.3. The molecule has 0 aromatic heterocycles. The van der Waals surface area contributed by atoms with Crippen molar-refractivity contribution in [1.29, 1.82) is 0 Å². The van der Waals surface area contributed by atoms with Crippen LogP contribution >= 0.6 is 12.6 Å². The predicted octanol–water partition coefficient (Wildman–Crippen LogP) is 0.806. The van der Waals surface area contributed by atoms with Crippen molar-refractivity contribution in [3.63, 3.8) is 0 Å². The van der Waals surface area contributed by atoms with Crippen molar-refractivity contribution in [2.45, 2.75) is 12.2 Å². The van der Waals surface area contributed by atoms with Crippen LogP contribution in [0, 0.1) is 0 Å². The Morgan fingerprint density at radius 2 is 2.06 bits per heavy atom. The fourth-order valence-corrected chi connectivity index (χ4v) is 1.69. The number of carbonyl (C=O) groups is 1. The molecule has 0 saturated carbocycles. The van der Waals surface area contributed by atoms with E-state index < -0.39 is 18.2 Å². The topological polar surface area (TPSA) is 76.0 Å². The third-order valence-electron chi connectivity index (χ3n) is 2.52. The number of carbonyl (C=O) groups excluding carboxylic acids is 1. The number of methoxy groups -OCH3 is 2. The third-order valence-corrected chi connectivity index (χ3v) is 2.90. The zero-order valence-corrected chi connectivity index (χ0v) is 11.1. The molecule has 0 aliphatic carbocycles. The molecule has 0 aliphatic rings. The maximum absolute atomic E-state index is 11.4.